The Hall–Kier alpha value is -1.17. The fourth-order valence-corrected chi connectivity index (χ4v) is 1.70. The Balaban J connectivity index is 2.71. The fourth-order valence-electron chi connectivity index (χ4n) is 1.16. The highest BCUT2D eigenvalue weighted by molar-refractivity contribution is 8.00. The average Bonchev–Trinajstić information content (AvgIpc) is 2.16. The summed E-state index contributed by atoms with van der Waals surface area (Å²) in [6.45, 7) is 1.75. The maximum atomic E-state index is 12.0. The van der Waals surface area contributed by atoms with Crippen molar-refractivity contribution in [3.63, 3.8) is 0 Å². The number of carbonyl (C=O) groups excluding carboxylic acids is 1. The summed E-state index contributed by atoms with van der Waals surface area (Å²) in [5, 5.41) is 2.52. The number of carbonyl (C=O) groups is 1. The second kappa shape index (κ2) is 5.25. The van der Waals surface area contributed by atoms with Crippen LogP contribution in [0.4, 0.5) is 13.2 Å². The Labute approximate surface area is 95.2 Å². The molecule has 0 aliphatic heterocycles. The molecule has 1 amide bonds. The number of amides is 1. The summed E-state index contributed by atoms with van der Waals surface area (Å²) >= 11 is -0.155. The van der Waals surface area contributed by atoms with Crippen molar-refractivity contribution in [2.24, 2.45) is 0 Å². The molecule has 0 spiro atoms. The predicted molar refractivity (Wildman–Crippen MR) is 56.0 cm³/mol. The van der Waals surface area contributed by atoms with Crippen molar-refractivity contribution < 1.29 is 18.0 Å². The maximum Gasteiger partial charge on any atom is 0.446 e. The van der Waals surface area contributed by atoms with Crippen LogP contribution in [-0.2, 0) is 4.79 Å². The van der Waals surface area contributed by atoms with Crippen molar-refractivity contribution in [2.75, 3.05) is 0 Å². The van der Waals surface area contributed by atoms with Crippen LogP contribution in [0, 0.1) is 0 Å². The van der Waals surface area contributed by atoms with Gasteiger partial charge in [0.05, 0.1) is 6.04 Å². The van der Waals surface area contributed by atoms with Gasteiger partial charge in [0.15, 0.2) is 0 Å². The number of rotatable bonds is 4. The van der Waals surface area contributed by atoms with Crippen LogP contribution in [-0.4, -0.2) is 11.9 Å². The highest BCUT2D eigenvalue weighted by atomic mass is 32.2. The lowest BCUT2D eigenvalue weighted by Crippen LogP contribution is -2.15. The molecule has 0 saturated carbocycles. The van der Waals surface area contributed by atoms with Gasteiger partial charge >= 0.3 is 5.51 Å². The summed E-state index contributed by atoms with van der Waals surface area (Å²) in [6.07, 6.45) is 0.559. The normalized spacial score (nSPS) is 13.2. The molecule has 0 radical (unpaired) electrons. The van der Waals surface area contributed by atoms with Gasteiger partial charge in [0.25, 0.3) is 0 Å². The van der Waals surface area contributed by atoms with Crippen LogP contribution in [0.1, 0.15) is 18.5 Å². The summed E-state index contributed by atoms with van der Waals surface area (Å²) in [5.41, 5.74) is -3.51. The minimum Gasteiger partial charge on any atom is -0.352 e. The molecule has 1 aromatic carbocycles. The van der Waals surface area contributed by atoms with Gasteiger partial charge in [-0.2, -0.15) is 13.2 Å². The minimum atomic E-state index is -4.27. The molecule has 0 saturated heterocycles. The SMILES string of the molecule is C[C@@H](NC=O)c1ccc(SC(F)(F)F)cc1. The van der Waals surface area contributed by atoms with Gasteiger partial charge in [-0.1, -0.05) is 12.1 Å². The van der Waals surface area contributed by atoms with Crippen LogP contribution in [0.2, 0.25) is 0 Å². The molecule has 1 rings (SSSR count). The third kappa shape index (κ3) is 4.14. The van der Waals surface area contributed by atoms with Crippen LogP contribution in [0.3, 0.4) is 0 Å². The number of nitrogens with one attached hydrogen (secondary N) is 1. The van der Waals surface area contributed by atoms with E-state index in [1.807, 2.05) is 0 Å². The first-order valence-corrected chi connectivity index (χ1v) is 5.29. The molecule has 6 heteroatoms. The Morgan fingerprint density at radius 2 is 1.88 bits per heavy atom. The molecule has 1 aromatic rings. The van der Waals surface area contributed by atoms with E-state index in [2.05, 4.69) is 5.32 Å². The van der Waals surface area contributed by atoms with Gasteiger partial charge in [0, 0.05) is 4.90 Å². The zero-order valence-electron chi connectivity index (χ0n) is 8.41. The molecule has 0 heterocycles. The molecule has 0 fully saturated rings. The van der Waals surface area contributed by atoms with Crippen LogP contribution in [0.25, 0.3) is 0 Å². The van der Waals surface area contributed by atoms with Gasteiger partial charge < -0.3 is 5.32 Å². The van der Waals surface area contributed by atoms with E-state index in [1.165, 1.54) is 12.1 Å². The van der Waals surface area contributed by atoms with Crippen LogP contribution < -0.4 is 5.32 Å². The topological polar surface area (TPSA) is 29.1 Å². The van der Waals surface area contributed by atoms with Crippen molar-refractivity contribution in [3.8, 4) is 0 Å². The number of hydrogen-bond acceptors (Lipinski definition) is 2. The van der Waals surface area contributed by atoms with Crippen molar-refractivity contribution in [3.05, 3.63) is 29.8 Å². The molecule has 2 nitrogen and oxygen atoms in total. The molecule has 1 atom stereocenters. The van der Waals surface area contributed by atoms with Crippen molar-refractivity contribution in [1.29, 1.82) is 0 Å². The number of benzene rings is 1. The second-order valence-electron chi connectivity index (χ2n) is 3.12. The van der Waals surface area contributed by atoms with E-state index in [0.717, 1.165) is 5.56 Å². The number of alkyl halides is 3. The van der Waals surface area contributed by atoms with E-state index in [9.17, 15) is 18.0 Å². The predicted octanol–water partition coefficient (Wildman–Crippen LogP) is 3.11. The van der Waals surface area contributed by atoms with E-state index in [4.69, 9.17) is 0 Å². The monoisotopic (exact) mass is 249 g/mol. The number of halogens is 3. The van der Waals surface area contributed by atoms with Crippen molar-refractivity contribution in [2.45, 2.75) is 23.4 Å². The Kier molecular flexibility index (Phi) is 4.23. The van der Waals surface area contributed by atoms with Gasteiger partial charge in [-0.25, -0.2) is 0 Å². The van der Waals surface area contributed by atoms with Crippen molar-refractivity contribution in [1.82, 2.24) is 5.32 Å². The standard InChI is InChI=1S/C10H10F3NOS/c1-7(14-6-15)8-2-4-9(5-3-8)16-10(11,12)13/h2-7H,1H3,(H,14,15)/t7-/m1/s1. The van der Waals surface area contributed by atoms with E-state index in [-0.39, 0.29) is 22.7 Å². The van der Waals surface area contributed by atoms with Gasteiger partial charge in [-0.3, -0.25) is 4.79 Å². The molecule has 1 N–H and O–H groups in total. The number of thioether (sulfide) groups is 1. The average molecular weight is 249 g/mol. The van der Waals surface area contributed by atoms with Crippen molar-refractivity contribution >= 4 is 18.2 Å². The first-order chi connectivity index (χ1) is 7.42. The van der Waals surface area contributed by atoms with Gasteiger partial charge in [-0.05, 0) is 36.4 Å². The van der Waals surface area contributed by atoms with Gasteiger partial charge in [0.2, 0.25) is 6.41 Å². The zero-order valence-corrected chi connectivity index (χ0v) is 9.23. The fraction of sp³-hybridized carbons (Fsp3) is 0.300. The quantitative estimate of drug-likeness (QED) is 0.656. The first kappa shape index (κ1) is 12.9. The Morgan fingerprint density at radius 3 is 2.31 bits per heavy atom. The highest BCUT2D eigenvalue weighted by Crippen LogP contribution is 2.36. The molecule has 0 aromatic heterocycles. The molecular formula is C10H10F3NOS. The first-order valence-electron chi connectivity index (χ1n) is 4.48. The lowest BCUT2D eigenvalue weighted by molar-refractivity contribution is -0.110. The largest absolute Gasteiger partial charge is 0.446 e. The molecule has 88 valence electrons. The van der Waals surface area contributed by atoms with E-state index in [1.54, 1.807) is 19.1 Å². The highest BCUT2D eigenvalue weighted by Gasteiger charge is 2.29. The molecule has 0 aliphatic carbocycles. The smallest absolute Gasteiger partial charge is 0.352 e. The van der Waals surface area contributed by atoms with Crippen LogP contribution in [0.5, 0.6) is 0 Å². The zero-order chi connectivity index (χ0) is 12.2. The van der Waals surface area contributed by atoms with Gasteiger partial charge in [-0.15, -0.1) is 0 Å². The molecular weight excluding hydrogens is 239 g/mol. The maximum absolute atomic E-state index is 12.0. The third-order valence-corrected chi connectivity index (χ3v) is 2.67. The summed E-state index contributed by atoms with van der Waals surface area (Å²) in [5.74, 6) is 0. The third-order valence-electron chi connectivity index (χ3n) is 1.93. The molecule has 0 unspecified atom stereocenters. The summed E-state index contributed by atoms with van der Waals surface area (Å²) in [4.78, 5) is 10.3. The van der Waals surface area contributed by atoms with Crippen LogP contribution in [0.15, 0.2) is 29.2 Å². The lowest BCUT2D eigenvalue weighted by Gasteiger charge is -2.11. The van der Waals surface area contributed by atoms with E-state index >= 15 is 0 Å². The molecule has 0 bridgehead atoms. The Bertz CT molecular complexity index is 350. The lowest BCUT2D eigenvalue weighted by atomic mass is 10.1. The Morgan fingerprint density at radius 1 is 1.31 bits per heavy atom. The van der Waals surface area contributed by atoms with E-state index < -0.39 is 5.51 Å². The second-order valence-corrected chi connectivity index (χ2v) is 4.26. The summed E-state index contributed by atoms with van der Waals surface area (Å²) in [6, 6.07) is 5.69. The number of hydrogen-bond donors (Lipinski definition) is 1. The summed E-state index contributed by atoms with van der Waals surface area (Å²) < 4.78 is 36.1. The van der Waals surface area contributed by atoms with E-state index in [0.29, 0.717) is 6.41 Å². The molecule has 0 aliphatic rings. The van der Waals surface area contributed by atoms with Crippen LogP contribution >= 0.6 is 11.8 Å². The minimum absolute atomic E-state index is 0.134. The van der Waals surface area contributed by atoms with Gasteiger partial charge in [0.1, 0.15) is 0 Å². The summed E-state index contributed by atoms with van der Waals surface area (Å²) in [7, 11) is 0. The molecule has 16 heavy (non-hydrogen) atoms.